The van der Waals surface area contributed by atoms with Crippen LogP contribution in [0.15, 0.2) is 0 Å². The lowest BCUT2D eigenvalue weighted by Crippen LogP contribution is -2.30. The largest absolute Gasteiger partial charge is 0.381 e. The fourth-order valence-corrected chi connectivity index (χ4v) is 1.58. The van der Waals surface area contributed by atoms with Crippen LogP contribution < -0.4 is 0 Å². The molecule has 0 aromatic heterocycles. The molecule has 2 atom stereocenters. The third kappa shape index (κ3) is 1.94. The van der Waals surface area contributed by atoms with Crippen molar-refractivity contribution in [1.29, 1.82) is 5.26 Å². The first kappa shape index (κ1) is 8.55. The molecule has 1 saturated heterocycles. The van der Waals surface area contributed by atoms with E-state index in [1.54, 1.807) is 0 Å². The maximum absolute atomic E-state index is 8.80. The molecule has 1 rings (SSSR count). The standard InChI is InChI=1S/C9H15NO/c1-7(2)9-6-11-4-3-8(9)5-10/h7-9H,3-4,6H2,1-2H3. The van der Waals surface area contributed by atoms with E-state index in [1.165, 1.54) is 0 Å². The first-order valence-corrected chi connectivity index (χ1v) is 4.23. The Hall–Kier alpha value is -0.550. The second-order valence-electron chi connectivity index (χ2n) is 3.51. The number of nitriles is 1. The van der Waals surface area contributed by atoms with Crippen LogP contribution in [0.25, 0.3) is 0 Å². The minimum Gasteiger partial charge on any atom is -0.381 e. The summed E-state index contributed by atoms with van der Waals surface area (Å²) in [5.74, 6) is 1.25. The smallest absolute Gasteiger partial charge is 0.0660 e. The van der Waals surface area contributed by atoms with Gasteiger partial charge < -0.3 is 4.74 Å². The number of ether oxygens (including phenoxy) is 1. The summed E-state index contributed by atoms with van der Waals surface area (Å²) >= 11 is 0. The number of hydrogen-bond donors (Lipinski definition) is 0. The molecule has 0 radical (unpaired) electrons. The Kier molecular flexibility index (Phi) is 2.90. The molecule has 1 aliphatic rings. The molecule has 1 aliphatic heterocycles. The molecule has 2 unspecified atom stereocenters. The van der Waals surface area contributed by atoms with Gasteiger partial charge in [-0.05, 0) is 12.3 Å². The zero-order chi connectivity index (χ0) is 8.27. The van der Waals surface area contributed by atoms with Crippen molar-refractivity contribution < 1.29 is 4.74 Å². The van der Waals surface area contributed by atoms with Gasteiger partial charge in [-0.2, -0.15) is 5.26 Å². The predicted molar refractivity (Wildman–Crippen MR) is 42.9 cm³/mol. The van der Waals surface area contributed by atoms with E-state index in [0.29, 0.717) is 11.8 Å². The van der Waals surface area contributed by atoms with Crippen LogP contribution in [0.5, 0.6) is 0 Å². The normalized spacial score (nSPS) is 31.8. The lowest BCUT2D eigenvalue weighted by atomic mass is 9.82. The molecule has 0 N–H and O–H groups in total. The molecule has 0 bridgehead atoms. The first-order chi connectivity index (χ1) is 5.25. The van der Waals surface area contributed by atoms with Crippen molar-refractivity contribution in [2.75, 3.05) is 13.2 Å². The Morgan fingerprint density at radius 3 is 2.73 bits per heavy atom. The van der Waals surface area contributed by atoms with Crippen LogP contribution >= 0.6 is 0 Å². The summed E-state index contributed by atoms with van der Waals surface area (Å²) in [6, 6.07) is 2.36. The zero-order valence-corrected chi connectivity index (χ0v) is 7.21. The topological polar surface area (TPSA) is 33.0 Å². The van der Waals surface area contributed by atoms with E-state index >= 15 is 0 Å². The summed E-state index contributed by atoms with van der Waals surface area (Å²) in [6.45, 7) is 5.85. The molecule has 0 amide bonds. The Morgan fingerprint density at radius 2 is 2.27 bits per heavy atom. The Labute approximate surface area is 68.2 Å². The second-order valence-corrected chi connectivity index (χ2v) is 3.51. The van der Waals surface area contributed by atoms with Crippen LogP contribution in [0.4, 0.5) is 0 Å². The van der Waals surface area contributed by atoms with Crippen LogP contribution in [0, 0.1) is 29.1 Å². The van der Waals surface area contributed by atoms with Gasteiger partial charge >= 0.3 is 0 Å². The minimum atomic E-state index is 0.226. The Bertz CT molecular complexity index is 159. The van der Waals surface area contributed by atoms with Crippen LogP contribution in [0.3, 0.4) is 0 Å². The highest BCUT2D eigenvalue weighted by molar-refractivity contribution is 4.91. The van der Waals surface area contributed by atoms with E-state index < -0.39 is 0 Å². The minimum absolute atomic E-state index is 0.226. The molecule has 0 aromatic rings. The third-order valence-electron chi connectivity index (χ3n) is 2.42. The fraction of sp³-hybridized carbons (Fsp3) is 0.889. The van der Waals surface area contributed by atoms with E-state index in [1.807, 2.05) is 0 Å². The summed E-state index contributed by atoms with van der Waals surface area (Å²) < 4.78 is 5.32. The highest BCUT2D eigenvalue weighted by Gasteiger charge is 2.27. The molecule has 0 spiro atoms. The molecule has 11 heavy (non-hydrogen) atoms. The molecule has 0 aromatic carbocycles. The molecule has 62 valence electrons. The van der Waals surface area contributed by atoms with Gasteiger partial charge in [0.1, 0.15) is 0 Å². The maximum Gasteiger partial charge on any atom is 0.0660 e. The van der Waals surface area contributed by atoms with Gasteiger partial charge in [-0.15, -0.1) is 0 Å². The fourth-order valence-electron chi connectivity index (χ4n) is 1.58. The van der Waals surface area contributed by atoms with Crippen molar-refractivity contribution in [3.05, 3.63) is 0 Å². The molecule has 1 fully saturated rings. The summed E-state index contributed by atoms with van der Waals surface area (Å²) in [6.07, 6.45) is 0.916. The molecular weight excluding hydrogens is 138 g/mol. The quantitative estimate of drug-likeness (QED) is 0.575. The Morgan fingerprint density at radius 1 is 1.55 bits per heavy atom. The van der Waals surface area contributed by atoms with Gasteiger partial charge in [0.2, 0.25) is 0 Å². The van der Waals surface area contributed by atoms with Gasteiger partial charge in [0.05, 0.1) is 18.6 Å². The number of rotatable bonds is 1. The maximum atomic E-state index is 8.80. The predicted octanol–water partition coefficient (Wildman–Crippen LogP) is 1.82. The monoisotopic (exact) mass is 153 g/mol. The van der Waals surface area contributed by atoms with E-state index in [2.05, 4.69) is 19.9 Å². The van der Waals surface area contributed by atoms with Crippen LogP contribution in [0.2, 0.25) is 0 Å². The summed E-state index contributed by atoms with van der Waals surface area (Å²) in [7, 11) is 0. The lowest BCUT2D eigenvalue weighted by Gasteiger charge is -2.29. The van der Waals surface area contributed by atoms with Crippen LogP contribution in [-0.4, -0.2) is 13.2 Å². The molecule has 1 heterocycles. The van der Waals surface area contributed by atoms with Crippen molar-refractivity contribution >= 4 is 0 Å². The van der Waals surface area contributed by atoms with Crippen molar-refractivity contribution in [3.63, 3.8) is 0 Å². The zero-order valence-electron chi connectivity index (χ0n) is 7.21. The first-order valence-electron chi connectivity index (χ1n) is 4.23. The summed E-state index contributed by atoms with van der Waals surface area (Å²) in [4.78, 5) is 0. The second kappa shape index (κ2) is 3.73. The summed E-state index contributed by atoms with van der Waals surface area (Å²) in [5.41, 5.74) is 0. The molecule has 0 saturated carbocycles. The number of nitrogens with zero attached hydrogens (tertiary/aromatic N) is 1. The molecule has 2 nitrogen and oxygen atoms in total. The average molecular weight is 153 g/mol. The van der Waals surface area contributed by atoms with Gasteiger partial charge in [0.25, 0.3) is 0 Å². The van der Waals surface area contributed by atoms with E-state index in [9.17, 15) is 0 Å². The average Bonchev–Trinajstić information content (AvgIpc) is 2.04. The van der Waals surface area contributed by atoms with Crippen molar-refractivity contribution in [1.82, 2.24) is 0 Å². The Balaban J connectivity index is 2.53. The van der Waals surface area contributed by atoms with Gasteiger partial charge in [0, 0.05) is 12.5 Å². The van der Waals surface area contributed by atoms with Crippen molar-refractivity contribution in [2.24, 2.45) is 17.8 Å². The van der Waals surface area contributed by atoms with Gasteiger partial charge in [-0.25, -0.2) is 0 Å². The van der Waals surface area contributed by atoms with Gasteiger partial charge in [0.15, 0.2) is 0 Å². The van der Waals surface area contributed by atoms with Crippen LogP contribution in [0.1, 0.15) is 20.3 Å². The van der Waals surface area contributed by atoms with Gasteiger partial charge in [-0.3, -0.25) is 0 Å². The molecular formula is C9H15NO. The lowest BCUT2D eigenvalue weighted by molar-refractivity contribution is 0.0148. The number of hydrogen-bond acceptors (Lipinski definition) is 2. The van der Waals surface area contributed by atoms with Crippen molar-refractivity contribution in [2.45, 2.75) is 20.3 Å². The van der Waals surface area contributed by atoms with E-state index in [0.717, 1.165) is 19.6 Å². The third-order valence-corrected chi connectivity index (χ3v) is 2.42. The summed E-state index contributed by atoms with van der Waals surface area (Å²) in [5, 5.41) is 8.80. The highest BCUT2D eigenvalue weighted by Crippen LogP contribution is 2.27. The SMILES string of the molecule is CC(C)C1COCCC1C#N. The molecule has 0 aliphatic carbocycles. The highest BCUT2D eigenvalue weighted by atomic mass is 16.5. The van der Waals surface area contributed by atoms with E-state index in [4.69, 9.17) is 10.00 Å². The van der Waals surface area contributed by atoms with Crippen LogP contribution in [-0.2, 0) is 4.74 Å². The molecule has 2 heteroatoms. The van der Waals surface area contributed by atoms with Crippen molar-refractivity contribution in [3.8, 4) is 6.07 Å². The van der Waals surface area contributed by atoms with E-state index in [-0.39, 0.29) is 5.92 Å². The van der Waals surface area contributed by atoms with Gasteiger partial charge in [-0.1, -0.05) is 13.8 Å².